The van der Waals surface area contributed by atoms with Crippen molar-refractivity contribution in [3.05, 3.63) is 0 Å². The fraction of sp³-hybridized carbons (Fsp3) is 0.933. The second-order valence-electron chi connectivity index (χ2n) is 7.37. The van der Waals surface area contributed by atoms with Crippen LogP contribution < -0.4 is 0 Å². The van der Waals surface area contributed by atoms with Crippen LogP contribution in [0.5, 0.6) is 0 Å². The highest BCUT2D eigenvalue weighted by Crippen LogP contribution is 2.47. The molecule has 2 aliphatic carbocycles. The number of hydrogen-bond donors (Lipinski definition) is 1. The van der Waals surface area contributed by atoms with Crippen molar-refractivity contribution in [3.63, 3.8) is 0 Å². The van der Waals surface area contributed by atoms with Gasteiger partial charge < -0.3 is 5.11 Å². The molecule has 0 saturated heterocycles. The lowest BCUT2D eigenvalue weighted by atomic mass is 9.71. The van der Waals surface area contributed by atoms with Crippen LogP contribution in [0.1, 0.15) is 44.9 Å². The van der Waals surface area contributed by atoms with Gasteiger partial charge in [0.2, 0.25) is 0 Å². The largest absolute Gasteiger partial charge is 0.393 e. The minimum absolute atomic E-state index is 0.181. The van der Waals surface area contributed by atoms with E-state index < -0.39 is 8.07 Å². The number of carbonyl (C=O) groups is 1. The van der Waals surface area contributed by atoms with Crippen LogP contribution in [0.4, 0.5) is 0 Å². The van der Waals surface area contributed by atoms with Crippen LogP contribution in [0, 0.1) is 11.8 Å². The molecule has 0 aliphatic heterocycles. The predicted molar refractivity (Wildman–Crippen MR) is 77.4 cm³/mol. The standard InChI is InChI=1S/C15H28O2Si/c1-18(2,3)14-10-6-9-13(17)15(14)11-7-4-5-8-12(11)16/h11-12,14-16H,4-10H2,1-3H3/t11?,12-,14-,15-/m0/s1. The van der Waals surface area contributed by atoms with E-state index in [0.717, 1.165) is 32.1 Å². The molecule has 104 valence electrons. The van der Waals surface area contributed by atoms with Crippen molar-refractivity contribution < 1.29 is 9.90 Å². The number of aliphatic hydroxyl groups excluding tert-OH is 1. The SMILES string of the molecule is C[Si](C)(C)[C@H]1CCCC(=O)[C@@H]1C1CCCC[C@@H]1O. The van der Waals surface area contributed by atoms with Crippen LogP contribution >= 0.6 is 0 Å². The molecule has 1 unspecified atom stereocenters. The Morgan fingerprint density at radius 2 is 1.72 bits per heavy atom. The van der Waals surface area contributed by atoms with Gasteiger partial charge in [0, 0.05) is 20.4 Å². The zero-order valence-electron chi connectivity index (χ0n) is 12.1. The molecule has 0 bridgehead atoms. The van der Waals surface area contributed by atoms with E-state index in [2.05, 4.69) is 19.6 Å². The maximum atomic E-state index is 12.4. The summed E-state index contributed by atoms with van der Waals surface area (Å²) in [6.07, 6.45) is 7.15. The molecular formula is C15H28O2Si. The maximum Gasteiger partial charge on any atom is 0.136 e. The third-order valence-electron chi connectivity index (χ3n) is 5.10. The topological polar surface area (TPSA) is 37.3 Å². The molecule has 1 N–H and O–H groups in total. The highest BCUT2D eigenvalue weighted by atomic mass is 28.3. The van der Waals surface area contributed by atoms with Gasteiger partial charge in [-0.05, 0) is 30.7 Å². The van der Waals surface area contributed by atoms with Gasteiger partial charge in [0.05, 0.1) is 6.10 Å². The third kappa shape index (κ3) is 2.88. The Morgan fingerprint density at radius 1 is 1.06 bits per heavy atom. The van der Waals surface area contributed by atoms with Gasteiger partial charge >= 0.3 is 0 Å². The van der Waals surface area contributed by atoms with Crippen LogP contribution in [0.15, 0.2) is 0 Å². The summed E-state index contributed by atoms with van der Waals surface area (Å²) in [5.74, 6) is 0.906. The first-order chi connectivity index (χ1) is 8.41. The highest BCUT2D eigenvalue weighted by molar-refractivity contribution is 6.77. The summed E-state index contributed by atoms with van der Waals surface area (Å²) in [7, 11) is -1.31. The summed E-state index contributed by atoms with van der Waals surface area (Å²) >= 11 is 0. The molecule has 0 aromatic rings. The summed E-state index contributed by atoms with van der Waals surface area (Å²) < 4.78 is 0. The monoisotopic (exact) mass is 268 g/mol. The molecule has 2 rings (SSSR count). The van der Waals surface area contributed by atoms with E-state index in [1.165, 1.54) is 12.8 Å². The molecular weight excluding hydrogens is 240 g/mol. The van der Waals surface area contributed by atoms with E-state index in [-0.39, 0.29) is 17.9 Å². The molecule has 3 heteroatoms. The lowest BCUT2D eigenvalue weighted by Gasteiger charge is -2.44. The average molecular weight is 268 g/mol. The highest BCUT2D eigenvalue weighted by Gasteiger charge is 2.45. The molecule has 2 aliphatic rings. The van der Waals surface area contributed by atoms with E-state index in [0.29, 0.717) is 11.3 Å². The molecule has 2 saturated carbocycles. The van der Waals surface area contributed by atoms with Gasteiger partial charge in [-0.2, -0.15) is 0 Å². The smallest absolute Gasteiger partial charge is 0.136 e. The van der Waals surface area contributed by atoms with Crippen LogP contribution in [0.25, 0.3) is 0 Å². The summed E-state index contributed by atoms with van der Waals surface area (Å²) in [6.45, 7) is 7.16. The first-order valence-electron chi connectivity index (χ1n) is 7.62. The van der Waals surface area contributed by atoms with Crippen molar-refractivity contribution >= 4 is 13.9 Å². The van der Waals surface area contributed by atoms with Crippen LogP contribution in [0.2, 0.25) is 25.2 Å². The first kappa shape index (κ1) is 14.3. The van der Waals surface area contributed by atoms with Gasteiger partial charge in [-0.25, -0.2) is 0 Å². The number of hydrogen-bond acceptors (Lipinski definition) is 2. The summed E-state index contributed by atoms with van der Waals surface area (Å²) in [5, 5.41) is 10.3. The Balaban J connectivity index is 2.21. The van der Waals surface area contributed by atoms with Crippen molar-refractivity contribution in [2.75, 3.05) is 0 Å². The summed E-state index contributed by atoms with van der Waals surface area (Å²) in [5.41, 5.74) is 0.594. The minimum Gasteiger partial charge on any atom is -0.393 e. The van der Waals surface area contributed by atoms with E-state index >= 15 is 0 Å². The van der Waals surface area contributed by atoms with Gasteiger partial charge in [0.25, 0.3) is 0 Å². The average Bonchev–Trinajstić information content (AvgIpc) is 2.29. The van der Waals surface area contributed by atoms with Gasteiger partial charge in [-0.3, -0.25) is 4.79 Å². The quantitative estimate of drug-likeness (QED) is 0.777. The second kappa shape index (κ2) is 5.46. The molecule has 0 aromatic carbocycles. The fourth-order valence-corrected chi connectivity index (χ4v) is 6.72. The molecule has 0 radical (unpaired) electrons. The maximum absolute atomic E-state index is 12.4. The van der Waals surface area contributed by atoms with Gasteiger partial charge in [-0.1, -0.05) is 38.9 Å². The molecule has 2 nitrogen and oxygen atoms in total. The van der Waals surface area contributed by atoms with Gasteiger partial charge in [-0.15, -0.1) is 0 Å². The fourth-order valence-electron chi connectivity index (χ4n) is 4.13. The molecule has 0 spiro atoms. The Bertz CT molecular complexity index is 308. The molecule has 0 heterocycles. The zero-order chi connectivity index (χ0) is 13.3. The van der Waals surface area contributed by atoms with Gasteiger partial charge in [0.1, 0.15) is 5.78 Å². The van der Waals surface area contributed by atoms with Crippen LogP contribution in [-0.2, 0) is 4.79 Å². The first-order valence-corrected chi connectivity index (χ1v) is 11.2. The predicted octanol–water partition coefficient (Wildman–Crippen LogP) is 3.62. The molecule has 0 aromatic heterocycles. The second-order valence-corrected chi connectivity index (χ2v) is 12.8. The van der Waals surface area contributed by atoms with Crippen LogP contribution in [0.3, 0.4) is 0 Å². The third-order valence-corrected chi connectivity index (χ3v) is 7.97. The van der Waals surface area contributed by atoms with Crippen LogP contribution in [-0.4, -0.2) is 25.1 Å². The number of aliphatic hydroxyl groups is 1. The molecule has 0 amide bonds. The lowest BCUT2D eigenvalue weighted by Crippen LogP contribution is -2.46. The minimum atomic E-state index is -1.31. The van der Waals surface area contributed by atoms with E-state index in [1.807, 2.05) is 0 Å². The molecule has 18 heavy (non-hydrogen) atoms. The normalized spacial score (nSPS) is 38.8. The molecule has 2 fully saturated rings. The Labute approximate surface area is 112 Å². The zero-order valence-corrected chi connectivity index (χ0v) is 13.1. The number of Topliss-reactive ketones (excluding diaryl/α,β-unsaturated/α-hetero) is 1. The van der Waals surface area contributed by atoms with Gasteiger partial charge in [0.15, 0.2) is 0 Å². The Kier molecular flexibility index (Phi) is 4.32. The van der Waals surface area contributed by atoms with Crippen molar-refractivity contribution in [2.45, 2.75) is 76.2 Å². The van der Waals surface area contributed by atoms with Crippen molar-refractivity contribution in [1.82, 2.24) is 0 Å². The lowest BCUT2D eigenvalue weighted by molar-refractivity contribution is -0.129. The van der Waals surface area contributed by atoms with Crippen molar-refractivity contribution in [3.8, 4) is 0 Å². The Morgan fingerprint density at radius 3 is 2.33 bits per heavy atom. The van der Waals surface area contributed by atoms with Crippen molar-refractivity contribution in [1.29, 1.82) is 0 Å². The molecule has 4 atom stereocenters. The number of ketones is 1. The van der Waals surface area contributed by atoms with Crippen molar-refractivity contribution in [2.24, 2.45) is 11.8 Å². The van der Waals surface area contributed by atoms with E-state index in [1.54, 1.807) is 0 Å². The number of rotatable bonds is 2. The number of carbonyl (C=O) groups excluding carboxylic acids is 1. The van der Waals surface area contributed by atoms with E-state index in [9.17, 15) is 9.90 Å². The summed E-state index contributed by atoms with van der Waals surface area (Å²) in [6, 6.07) is 0. The Hall–Kier alpha value is -0.153. The van der Waals surface area contributed by atoms with E-state index in [4.69, 9.17) is 0 Å². The summed E-state index contributed by atoms with van der Waals surface area (Å²) in [4.78, 5) is 12.4.